The molecule has 0 amide bonds. The maximum atomic E-state index is 12.5. The summed E-state index contributed by atoms with van der Waals surface area (Å²) < 4.78 is 5.51. The summed E-state index contributed by atoms with van der Waals surface area (Å²) in [4.78, 5) is 29.1. The van der Waals surface area contributed by atoms with E-state index < -0.39 is 0 Å². The Hall–Kier alpha value is -1.72. The molecule has 136 valence electrons. The Bertz CT molecular complexity index is 801. The highest BCUT2D eigenvalue weighted by Crippen LogP contribution is 2.40. The minimum absolute atomic E-state index is 0.0656. The average Bonchev–Trinajstić information content (AvgIpc) is 3.09. The molecule has 2 fully saturated rings. The van der Waals surface area contributed by atoms with Gasteiger partial charge in [-0.2, -0.15) is 0 Å². The van der Waals surface area contributed by atoms with Gasteiger partial charge < -0.3 is 4.74 Å². The summed E-state index contributed by atoms with van der Waals surface area (Å²) in [5.41, 5.74) is 1.75. The van der Waals surface area contributed by atoms with Crippen molar-refractivity contribution >= 4 is 34.7 Å². The summed E-state index contributed by atoms with van der Waals surface area (Å²) >= 11 is 7.43. The number of carbonyl (C=O) groups is 2. The SMILES string of the molecule is O=C(OCc1csc(-c2ccc(Cl)cc2)n1)C1CC2CCCC(C1)C2=O. The van der Waals surface area contributed by atoms with Gasteiger partial charge in [0.2, 0.25) is 0 Å². The van der Waals surface area contributed by atoms with Gasteiger partial charge >= 0.3 is 5.97 Å². The molecule has 4 nitrogen and oxygen atoms in total. The van der Waals surface area contributed by atoms with Crippen LogP contribution in [0.4, 0.5) is 0 Å². The first-order chi connectivity index (χ1) is 12.6. The molecular formula is C20H20ClNO3S. The number of thiazole rings is 1. The number of esters is 1. The van der Waals surface area contributed by atoms with Gasteiger partial charge in [-0.05, 0) is 37.8 Å². The molecule has 4 rings (SSSR count). The summed E-state index contributed by atoms with van der Waals surface area (Å²) in [6.45, 7) is 0.183. The van der Waals surface area contributed by atoms with E-state index in [4.69, 9.17) is 16.3 Å². The van der Waals surface area contributed by atoms with Crippen LogP contribution in [0.2, 0.25) is 5.02 Å². The van der Waals surface area contributed by atoms with Gasteiger partial charge in [0.1, 0.15) is 17.4 Å². The molecule has 2 bridgehead atoms. The van der Waals surface area contributed by atoms with Crippen LogP contribution in [-0.4, -0.2) is 16.7 Å². The van der Waals surface area contributed by atoms with Crippen molar-refractivity contribution in [1.29, 1.82) is 0 Å². The van der Waals surface area contributed by atoms with E-state index in [0.717, 1.165) is 35.5 Å². The fourth-order valence-corrected chi connectivity index (χ4v) is 4.97. The number of hydrogen-bond acceptors (Lipinski definition) is 5. The van der Waals surface area contributed by atoms with Crippen molar-refractivity contribution in [1.82, 2.24) is 4.98 Å². The van der Waals surface area contributed by atoms with Crippen LogP contribution in [0.15, 0.2) is 29.6 Å². The number of Topliss-reactive ketones (excluding diaryl/α,β-unsaturated/α-hetero) is 1. The fourth-order valence-electron chi connectivity index (χ4n) is 4.03. The molecule has 26 heavy (non-hydrogen) atoms. The Morgan fingerprint density at radius 2 is 1.88 bits per heavy atom. The number of carbonyl (C=O) groups excluding carboxylic acids is 2. The second kappa shape index (κ2) is 7.49. The second-order valence-corrected chi connectivity index (χ2v) is 8.45. The van der Waals surface area contributed by atoms with Crippen LogP contribution in [0.25, 0.3) is 10.6 Å². The third-order valence-electron chi connectivity index (χ3n) is 5.39. The van der Waals surface area contributed by atoms with Crippen LogP contribution in [0.3, 0.4) is 0 Å². The maximum absolute atomic E-state index is 12.5. The number of ether oxygens (including phenoxy) is 1. The monoisotopic (exact) mass is 389 g/mol. The third kappa shape index (κ3) is 3.69. The second-order valence-electron chi connectivity index (χ2n) is 7.15. The first-order valence-corrected chi connectivity index (χ1v) is 10.3. The van der Waals surface area contributed by atoms with Gasteiger partial charge in [0.15, 0.2) is 0 Å². The van der Waals surface area contributed by atoms with Crippen molar-refractivity contribution in [2.75, 3.05) is 0 Å². The first kappa shape index (κ1) is 17.7. The Balaban J connectivity index is 1.35. The largest absolute Gasteiger partial charge is 0.459 e. The van der Waals surface area contributed by atoms with Crippen molar-refractivity contribution in [2.24, 2.45) is 17.8 Å². The van der Waals surface area contributed by atoms with E-state index in [1.165, 1.54) is 11.3 Å². The van der Waals surface area contributed by atoms with E-state index in [1.54, 1.807) is 0 Å². The van der Waals surface area contributed by atoms with Gasteiger partial charge in [0, 0.05) is 27.8 Å². The number of halogens is 1. The molecule has 1 aromatic heterocycles. The number of ketones is 1. The standard InChI is InChI=1S/C20H20ClNO3S/c21-16-6-4-12(5-7-16)19-22-17(11-26-19)10-25-20(24)15-8-13-2-1-3-14(9-15)18(13)23/h4-7,11,13-15H,1-3,8-10H2. The van der Waals surface area contributed by atoms with Gasteiger partial charge in [-0.3, -0.25) is 9.59 Å². The van der Waals surface area contributed by atoms with E-state index in [9.17, 15) is 9.59 Å². The predicted molar refractivity (Wildman–Crippen MR) is 101 cm³/mol. The molecule has 2 saturated carbocycles. The number of fused-ring (bicyclic) bond motifs is 2. The Labute approximate surface area is 161 Å². The van der Waals surface area contributed by atoms with Crippen molar-refractivity contribution in [3.63, 3.8) is 0 Å². The van der Waals surface area contributed by atoms with Crippen molar-refractivity contribution in [2.45, 2.75) is 38.7 Å². The highest BCUT2D eigenvalue weighted by molar-refractivity contribution is 7.13. The number of nitrogens with zero attached hydrogens (tertiary/aromatic N) is 1. The quantitative estimate of drug-likeness (QED) is 0.697. The van der Waals surface area contributed by atoms with Gasteiger partial charge in [-0.15, -0.1) is 11.3 Å². The molecule has 2 aliphatic carbocycles. The van der Waals surface area contributed by atoms with Gasteiger partial charge in [-0.25, -0.2) is 4.98 Å². The average molecular weight is 390 g/mol. The number of rotatable bonds is 4. The van der Waals surface area contributed by atoms with Crippen LogP contribution in [0.5, 0.6) is 0 Å². The minimum Gasteiger partial charge on any atom is -0.459 e. The van der Waals surface area contributed by atoms with Crippen molar-refractivity contribution in [3.05, 3.63) is 40.4 Å². The third-order valence-corrected chi connectivity index (χ3v) is 6.58. The zero-order valence-electron chi connectivity index (χ0n) is 14.3. The Morgan fingerprint density at radius 3 is 2.58 bits per heavy atom. The predicted octanol–water partition coefficient (Wildman–Crippen LogP) is 4.90. The van der Waals surface area contributed by atoms with Gasteiger partial charge in [0.05, 0.1) is 11.6 Å². The van der Waals surface area contributed by atoms with Crippen LogP contribution >= 0.6 is 22.9 Å². The molecule has 0 radical (unpaired) electrons. The summed E-state index contributed by atoms with van der Waals surface area (Å²) in [5, 5.41) is 3.48. The molecule has 6 heteroatoms. The van der Waals surface area contributed by atoms with Crippen LogP contribution in [0, 0.1) is 17.8 Å². The molecule has 1 aromatic carbocycles. The fraction of sp³-hybridized carbons (Fsp3) is 0.450. The summed E-state index contributed by atoms with van der Waals surface area (Å²) in [6, 6.07) is 7.52. The van der Waals surface area contributed by atoms with E-state index >= 15 is 0 Å². The van der Waals surface area contributed by atoms with Crippen molar-refractivity contribution < 1.29 is 14.3 Å². The lowest BCUT2D eigenvalue weighted by Gasteiger charge is -2.36. The Kier molecular flexibility index (Phi) is 5.09. The van der Waals surface area contributed by atoms with Crippen LogP contribution in [0.1, 0.15) is 37.8 Å². The van der Waals surface area contributed by atoms with E-state index in [0.29, 0.717) is 23.6 Å². The summed E-state index contributed by atoms with van der Waals surface area (Å²) in [5.74, 6) is 0.173. The molecule has 2 aliphatic rings. The molecule has 0 spiro atoms. The normalized spacial score (nSPS) is 25.1. The van der Waals surface area contributed by atoms with Gasteiger partial charge in [0.25, 0.3) is 0 Å². The smallest absolute Gasteiger partial charge is 0.309 e. The van der Waals surface area contributed by atoms with E-state index in [-0.39, 0.29) is 30.3 Å². The summed E-state index contributed by atoms with van der Waals surface area (Å²) in [7, 11) is 0. The molecule has 2 aromatic rings. The molecule has 2 unspecified atom stereocenters. The molecule has 0 aliphatic heterocycles. The molecule has 1 heterocycles. The number of hydrogen-bond donors (Lipinski definition) is 0. The molecule has 2 atom stereocenters. The minimum atomic E-state index is -0.185. The molecule has 0 saturated heterocycles. The topological polar surface area (TPSA) is 56.3 Å². The molecule has 0 N–H and O–H groups in total. The summed E-state index contributed by atoms with van der Waals surface area (Å²) in [6.07, 6.45) is 4.27. The van der Waals surface area contributed by atoms with E-state index in [1.807, 2.05) is 29.6 Å². The maximum Gasteiger partial charge on any atom is 0.309 e. The lowest BCUT2D eigenvalue weighted by molar-refractivity contribution is -0.154. The zero-order chi connectivity index (χ0) is 18.1. The zero-order valence-corrected chi connectivity index (χ0v) is 15.9. The van der Waals surface area contributed by atoms with Crippen LogP contribution < -0.4 is 0 Å². The number of benzene rings is 1. The highest BCUT2D eigenvalue weighted by atomic mass is 35.5. The highest BCUT2D eigenvalue weighted by Gasteiger charge is 2.41. The lowest BCUT2D eigenvalue weighted by Crippen LogP contribution is -2.39. The lowest BCUT2D eigenvalue weighted by atomic mass is 9.67. The molecular weight excluding hydrogens is 370 g/mol. The van der Waals surface area contributed by atoms with Crippen molar-refractivity contribution in [3.8, 4) is 10.6 Å². The van der Waals surface area contributed by atoms with Gasteiger partial charge in [-0.1, -0.05) is 30.2 Å². The van der Waals surface area contributed by atoms with Crippen LogP contribution in [-0.2, 0) is 20.9 Å². The number of aromatic nitrogens is 1. The van der Waals surface area contributed by atoms with E-state index in [2.05, 4.69) is 4.98 Å². The first-order valence-electron chi connectivity index (χ1n) is 9.01. The Morgan fingerprint density at radius 1 is 1.19 bits per heavy atom.